The molecule has 0 radical (unpaired) electrons. The Bertz CT molecular complexity index is 417. The first-order chi connectivity index (χ1) is 7.31. The normalized spacial score (nSPS) is 18.2. The lowest BCUT2D eigenvalue weighted by atomic mass is 9.84. The largest absolute Gasteiger partial charge is 0.416 e. The summed E-state index contributed by atoms with van der Waals surface area (Å²) in [4.78, 5) is 0. The number of nitrogens with one attached hydrogen (secondary N) is 1. The number of hydrogen-bond donors (Lipinski definition) is 2. The van der Waals surface area contributed by atoms with Gasteiger partial charge in [-0.15, -0.1) is 12.4 Å². The summed E-state index contributed by atoms with van der Waals surface area (Å²) in [6.07, 6.45) is -4.40. The van der Waals surface area contributed by atoms with Gasteiger partial charge < -0.3 is 11.1 Å². The molecule has 0 spiro atoms. The molecule has 1 aliphatic heterocycles. The van der Waals surface area contributed by atoms with Gasteiger partial charge in [0, 0.05) is 18.1 Å². The smallest absolute Gasteiger partial charge is 0.319 e. The number of benzene rings is 1. The first-order valence-corrected chi connectivity index (χ1v) is 5.07. The summed E-state index contributed by atoms with van der Waals surface area (Å²) in [6, 6.07) is 3.45. The Morgan fingerprint density at radius 2 is 1.82 bits per heavy atom. The molecule has 17 heavy (non-hydrogen) atoms. The Labute approximate surface area is 108 Å². The highest BCUT2D eigenvalue weighted by atomic mass is 35.5. The Balaban J connectivity index is 0.00000144. The van der Waals surface area contributed by atoms with Crippen molar-refractivity contribution in [3.8, 4) is 0 Å². The second kappa shape index (κ2) is 4.65. The van der Waals surface area contributed by atoms with Crippen LogP contribution in [0.5, 0.6) is 0 Å². The fourth-order valence-corrected chi connectivity index (χ4v) is 1.87. The average molecular weight is 287 g/mol. The zero-order valence-corrected chi connectivity index (χ0v) is 10.2. The summed E-state index contributed by atoms with van der Waals surface area (Å²) in [5.41, 5.74) is 4.85. The van der Waals surface area contributed by atoms with Crippen molar-refractivity contribution in [3.05, 3.63) is 34.3 Å². The molecule has 0 aliphatic carbocycles. The highest BCUT2D eigenvalue weighted by Crippen LogP contribution is 2.34. The highest BCUT2D eigenvalue weighted by Gasteiger charge is 2.37. The monoisotopic (exact) mass is 286 g/mol. The van der Waals surface area contributed by atoms with Gasteiger partial charge in [-0.05, 0) is 23.8 Å². The van der Waals surface area contributed by atoms with Crippen LogP contribution in [-0.2, 0) is 11.7 Å². The van der Waals surface area contributed by atoms with Gasteiger partial charge in [-0.3, -0.25) is 0 Å². The van der Waals surface area contributed by atoms with Crippen LogP contribution in [0.1, 0.15) is 11.1 Å². The lowest BCUT2D eigenvalue weighted by molar-refractivity contribution is -0.137. The molecule has 0 atom stereocenters. The van der Waals surface area contributed by atoms with E-state index < -0.39 is 17.3 Å². The predicted molar refractivity (Wildman–Crippen MR) is 62.4 cm³/mol. The topological polar surface area (TPSA) is 38.0 Å². The van der Waals surface area contributed by atoms with Crippen molar-refractivity contribution in [2.24, 2.45) is 5.73 Å². The summed E-state index contributed by atoms with van der Waals surface area (Å²) in [5, 5.41) is 2.99. The third-order valence-electron chi connectivity index (χ3n) is 2.68. The Morgan fingerprint density at radius 3 is 2.24 bits per heavy atom. The average Bonchev–Trinajstić information content (AvgIpc) is 2.11. The Morgan fingerprint density at radius 1 is 1.24 bits per heavy atom. The van der Waals surface area contributed by atoms with E-state index in [1.54, 1.807) is 0 Å². The third kappa shape index (κ3) is 2.85. The van der Waals surface area contributed by atoms with Crippen LogP contribution in [0, 0.1) is 0 Å². The quantitative estimate of drug-likeness (QED) is 0.833. The van der Waals surface area contributed by atoms with Gasteiger partial charge in [0.2, 0.25) is 0 Å². The van der Waals surface area contributed by atoms with Crippen molar-refractivity contribution >= 4 is 24.0 Å². The van der Waals surface area contributed by atoms with E-state index in [0.717, 1.165) is 12.1 Å². The van der Waals surface area contributed by atoms with E-state index in [9.17, 15) is 13.2 Å². The number of nitrogens with two attached hydrogens (primary N) is 1. The molecular formula is C10H11Cl2F3N2. The Hall–Kier alpha value is -0.490. The van der Waals surface area contributed by atoms with Crippen LogP contribution in [0.3, 0.4) is 0 Å². The van der Waals surface area contributed by atoms with Crippen molar-refractivity contribution in [1.29, 1.82) is 0 Å². The van der Waals surface area contributed by atoms with Crippen molar-refractivity contribution in [3.63, 3.8) is 0 Å². The molecule has 1 fully saturated rings. The molecular weight excluding hydrogens is 276 g/mol. The minimum Gasteiger partial charge on any atom is -0.319 e. The van der Waals surface area contributed by atoms with Crippen LogP contribution >= 0.6 is 24.0 Å². The molecule has 1 aromatic rings. The molecule has 0 saturated carbocycles. The fraction of sp³-hybridized carbons (Fsp3) is 0.400. The maximum Gasteiger partial charge on any atom is 0.416 e. The number of alkyl halides is 3. The molecule has 0 bridgehead atoms. The lowest BCUT2D eigenvalue weighted by Gasteiger charge is -2.39. The Kier molecular flexibility index (Phi) is 3.98. The maximum atomic E-state index is 12.5. The number of hydrogen-bond acceptors (Lipinski definition) is 2. The molecule has 1 heterocycles. The molecule has 2 rings (SSSR count). The molecule has 96 valence electrons. The van der Waals surface area contributed by atoms with E-state index in [4.69, 9.17) is 17.3 Å². The second-order valence-electron chi connectivity index (χ2n) is 3.99. The molecule has 1 aromatic carbocycles. The SMILES string of the molecule is Cl.NC1(c2cc(Cl)cc(C(F)(F)F)c2)CNC1. The van der Waals surface area contributed by atoms with Gasteiger partial charge in [0.15, 0.2) is 0 Å². The lowest BCUT2D eigenvalue weighted by Crippen LogP contribution is -2.62. The van der Waals surface area contributed by atoms with E-state index >= 15 is 0 Å². The zero-order valence-electron chi connectivity index (χ0n) is 8.64. The standard InChI is InChI=1S/C10H10ClF3N2.ClH/c11-8-2-6(9(15)4-16-5-9)1-7(3-8)10(12,13)14;/h1-3,16H,4-5,15H2;1H. The van der Waals surface area contributed by atoms with Crippen LogP contribution in [-0.4, -0.2) is 13.1 Å². The van der Waals surface area contributed by atoms with E-state index in [2.05, 4.69) is 5.32 Å². The van der Waals surface area contributed by atoms with Gasteiger partial charge in [-0.1, -0.05) is 11.6 Å². The third-order valence-corrected chi connectivity index (χ3v) is 2.90. The van der Waals surface area contributed by atoms with Crippen LogP contribution in [0.15, 0.2) is 18.2 Å². The van der Waals surface area contributed by atoms with Crippen LogP contribution < -0.4 is 11.1 Å². The first-order valence-electron chi connectivity index (χ1n) is 4.69. The van der Waals surface area contributed by atoms with Gasteiger partial charge >= 0.3 is 6.18 Å². The van der Waals surface area contributed by atoms with Gasteiger partial charge in [-0.2, -0.15) is 13.2 Å². The van der Waals surface area contributed by atoms with Crippen molar-refractivity contribution < 1.29 is 13.2 Å². The zero-order chi connectivity index (χ0) is 12.0. The maximum absolute atomic E-state index is 12.5. The number of rotatable bonds is 1. The second-order valence-corrected chi connectivity index (χ2v) is 4.42. The summed E-state index contributed by atoms with van der Waals surface area (Å²) in [7, 11) is 0. The van der Waals surface area contributed by atoms with Crippen LogP contribution in [0.4, 0.5) is 13.2 Å². The van der Waals surface area contributed by atoms with Gasteiger partial charge in [0.25, 0.3) is 0 Å². The summed E-state index contributed by atoms with van der Waals surface area (Å²) in [6.45, 7) is 0.926. The fourth-order valence-electron chi connectivity index (χ4n) is 1.64. The predicted octanol–water partition coefficient (Wildman–Crippen LogP) is 2.54. The summed E-state index contributed by atoms with van der Waals surface area (Å²) >= 11 is 5.67. The van der Waals surface area contributed by atoms with E-state index in [0.29, 0.717) is 18.7 Å². The van der Waals surface area contributed by atoms with Crippen LogP contribution in [0.25, 0.3) is 0 Å². The molecule has 1 saturated heterocycles. The molecule has 1 aliphatic rings. The summed E-state index contributed by atoms with van der Waals surface area (Å²) in [5.74, 6) is 0. The molecule has 3 N–H and O–H groups in total. The van der Waals surface area contributed by atoms with E-state index in [1.165, 1.54) is 6.07 Å². The highest BCUT2D eigenvalue weighted by molar-refractivity contribution is 6.30. The summed E-state index contributed by atoms with van der Waals surface area (Å²) < 4.78 is 37.6. The minimum absolute atomic E-state index is 0. The van der Waals surface area contributed by atoms with Crippen molar-refractivity contribution in [1.82, 2.24) is 5.32 Å². The van der Waals surface area contributed by atoms with Crippen LogP contribution in [0.2, 0.25) is 5.02 Å². The number of halogens is 5. The molecule has 0 unspecified atom stereocenters. The van der Waals surface area contributed by atoms with Gasteiger partial charge in [0.05, 0.1) is 11.1 Å². The first kappa shape index (κ1) is 14.6. The van der Waals surface area contributed by atoms with Gasteiger partial charge in [0.1, 0.15) is 0 Å². The van der Waals surface area contributed by atoms with Gasteiger partial charge in [-0.25, -0.2) is 0 Å². The minimum atomic E-state index is -4.40. The van der Waals surface area contributed by atoms with E-state index in [1.807, 2.05) is 0 Å². The van der Waals surface area contributed by atoms with Crippen molar-refractivity contribution in [2.45, 2.75) is 11.7 Å². The molecule has 7 heteroatoms. The molecule has 2 nitrogen and oxygen atoms in total. The molecule has 0 aromatic heterocycles. The van der Waals surface area contributed by atoms with Crippen molar-refractivity contribution in [2.75, 3.05) is 13.1 Å². The van der Waals surface area contributed by atoms with E-state index in [-0.39, 0.29) is 17.4 Å². The molecule has 0 amide bonds.